The maximum absolute atomic E-state index is 5.60. The summed E-state index contributed by atoms with van der Waals surface area (Å²) in [6.45, 7) is 3.73. The molecule has 2 heteroatoms. The Labute approximate surface area is 110 Å². The predicted octanol–water partition coefficient (Wildman–Crippen LogP) is 3.75. The largest absolute Gasteiger partial charge is 0.491 e. The Kier molecular flexibility index (Phi) is 5.28. The standard InChI is InChI=1S/C16H22O2/c1-2-3-4-5-6-7-14-8-10-15(11-9-14)17-12-16-13-18-16/h4-5,8-11,16H,2-3,6-7,12-13H2,1H3/b5-4+. The Morgan fingerprint density at radius 1 is 1.22 bits per heavy atom. The summed E-state index contributed by atoms with van der Waals surface area (Å²) in [6.07, 6.45) is 9.52. The first kappa shape index (κ1) is 13.2. The number of aryl methyl sites for hydroxylation is 1. The van der Waals surface area contributed by atoms with Gasteiger partial charge in [0.2, 0.25) is 0 Å². The van der Waals surface area contributed by atoms with Crippen LogP contribution in [0, 0.1) is 0 Å². The quantitative estimate of drug-likeness (QED) is 0.514. The van der Waals surface area contributed by atoms with E-state index >= 15 is 0 Å². The monoisotopic (exact) mass is 246 g/mol. The van der Waals surface area contributed by atoms with Gasteiger partial charge in [-0.05, 0) is 37.0 Å². The number of allylic oxidation sites excluding steroid dienone is 2. The van der Waals surface area contributed by atoms with Crippen molar-refractivity contribution >= 4 is 0 Å². The van der Waals surface area contributed by atoms with Crippen LogP contribution in [0.1, 0.15) is 31.7 Å². The molecule has 0 saturated carbocycles. The van der Waals surface area contributed by atoms with Gasteiger partial charge in [0.25, 0.3) is 0 Å². The summed E-state index contributed by atoms with van der Waals surface area (Å²) in [5.41, 5.74) is 1.37. The zero-order valence-corrected chi connectivity index (χ0v) is 11.1. The van der Waals surface area contributed by atoms with Crippen molar-refractivity contribution < 1.29 is 9.47 Å². The molecule has 1 saturated heterocycles. The lowest BCUT2D eigenvalue weighted by Gasteiger charge is -2.05. The lowest BCUT2D eigenvalue weighted by atomic mass is 10.1. The molecule has 98 valence electrons. The second-order valence-electron chi connectivity index (χ2n) is 4.71. The highest BCUT2D eigenvalue weighted by Gasteiger charge is 2.22. The molecule has 18 heavy (non-hydrogen) atoms. The van der Waals surface area contributed by atoms with Crippen molar-refractivity contribution in [3.8, 4) is 5.75 Å². The van der Waals surface area contributed by atoms with E-state index in [4.69, 9.17) is 9.47 Å². The van der Waals surface area contributed by atoms with E-state index in [9.17, 15) is 0 Å². The molecule has 0 N–H and O–H groups in total. The SMILES string of the molecule is CCC/C=C/CCc1ccc(OCC2CO2)cc1. The van der Waals surface area contributed by atoms with E-state index < -0.39 is 0 Å². The maximum Gasteiger partial charge on any atom is 0.119 e. The lowest BCUT2D eigenvalue weighted by molar-refractivity contribution is 0.263. The van der Waals surface area contributed by atoms with Gasteiger partial charge in [-0.3, -0.25) is 0 Å². The van der Waals surface area contributed by atoms with Gasteiger partial charge in [0, 0.05) is 0 Å². The van der Waals surface area contributed by atoms with E-state index in [1.54, 1.807) is 0 Å². The van der Waals surface area contributed by atoms with Gasteiger partial charge in [0.1, 0.15) is 18.5 Å². The van der Waals surface area contributed by atoms with Crippen LogP contribution in [-0.4, -0.2) is 19.3 Å². The van der Waals surface area contributed by atoms with Crippen LogP contribution in [0.5, 0.6) is 5.75 Å². The fourth-order valence-corrected chi connectivity index (χ4v) is 1.76. The van der Waals surface area contributed by atoms with Crippen LogP contribution in [0.3, 0.4) is 0 Å². The van der Waals surface area contributed by atoms with Crippen LogP contribution in [0.2, 0.25) is 0 Å². The van der Waals surface area contributed by atoms with E-state index in [1.807, 2.05) is 12.1 Å². The molecule has 1 heterocycles. The number of hydrogen-bond acceptors (Lipinski definition) is 2. The number of benzene rings is 1. The molecule has 1 unspecified atom stereocenters. The van der Waals surface area contributed by atoms with E-state index in [1.165, 1.54) is 18.4 Å². The van der Waals surface area contributed by atoms with Crippen molar-refractivity contribution in [2.75, 3.05) is 13.2 Å². The first-order valence-electron chi connectivity index (χ1n) is 6.87. The first-order valence-corrected chi connectivity index (χ1v) is 6.87. The maximum atomic E-state index is 5.60. The van der Waals surface area contributed by atoms with E-state index in [2.05, 4.69) is 31.2 Å². The molecular formula is C16H22O2. The molecular weight excluding hydrogens is 224 g/mol. The molecule has 0 amide bonds. The molecule has 1 atom stereocenters. The minimum Gasteiger partial charge on any atom is -0.491 e. The fraction of sp³-hybridized carbons (Fsp3) is 0.500. The van der Waals surface area contributed by atoms with Gasteiger partial charge in [-0.2, -0.15) is 0 Å². The molecule has 1 aromatic carbocycles. The van der Waals surface area contributed by atoms with Crippen molar-refractivity contribution in [1.82, 2.24) is 0 Å². The average Bonchev–Trinajstić information content (AvgIpc) is 3.22. The summed E-state index contributed by atoms with van der Waals surface area (Å²) in [5, 5.41) is 0. The van der Waals surface area contributed by atoms with Crippen LogP contribution in [-0.2, 0) is 11.2 Å². The molecule has 1 fully saturated rings. The molecule has 1 aliphatic heterocycles. The predicted molar refractivity (Wildman–Crippen MR) is 74.0 cm³/mol. The first-order chi connectivity index (χ1) is 8.88. The van der Waals surface area contributed by atoms with Crippen molar-refractivity contribution in [1.29, 1.82) is 0 Å². The van der Waals surface area contributed by atoms with Crippen molar-refractivity contribution in [3.05, 3.63) is 42.0 Å². The van der Waals surface area contributed by atoms with Gasteiger partial charge in [0.05, 0.1) is 6.61 Å². The van der Waals surface area contributed by atoms with Crippen LogP contribution in [0.25, 0.3) is 0 Å². The minimum absolute atomic E-state index is 0.327. The highest BCUT2D eigenvalue weighted by atomic mass is 16.6. The van der Waals surface area contributed by atoms with Gasteiger partial charge >= 0.3 is 0 Å². The van der Waals surface area contributed by atoms with Crippen LogP contribution < -0.4 is 4.74 Å². The van der Waals surface area contributed by atoms with Gasteiger partial charge in [-0.25, -0.2) is 0 Å². The van der Waals surface area contributed by atoms with Gasteiger partial charge in [0.15, 0.2) is 0 Å². The molecule has 0 aliphatic carbocycles. The molecule has 2 nitrogen and oxygen atoms in total. The van der Waals surface area contributed by atoms with Gasteiger partial charge < -0.3 is 9.47 Å². The third kappa shape index (κ3) is 4.92. The summed E-state index contributed by atoms with van der Waals surface area (Å²) in [4.78, 5) is 0. The van der Waals surface area contributed by atoms with Crippen molar-refractivity contribution in [2.24, 2.45) is 0 Å². The number of ether oxygens (including phenoxy) is 2. The second kappa shape index (κ2) is 7.22. The number of hydrogen-bond donors (Lipinski definition) is 0. The van der Waals surface area contributed by atoms with Crippen LogP contribution in [0.4, 0.5) is 0 Å². The molecule has 0 radical (unpaired) electrons. The van der Waals surface area contributed by atoms with Crippen LogP contribution in [0.15, 0.2) is 36.4 Å². The summed E-state index contributed by atoms with van der Waals surface area (Å²) in [7, 11) is 0. The number of epoxide rings is 1. The molecule has 1 aliphatic rings. The summed E-state index contributed by atoms with van der Waals surface area (Å²) >= 11 is 0. The number of unbranched alkanes of at least 4 members (excludes halogenated alkanes) is 1. The second-order valence-corrected chi connectivity index (χ2v) is 4.71. The number of rotatable bonds is 8. The van der Waals surface area contributed by atoms with E-state index in [0.717, 1.165) is 25.2 Å². The summed E-state index contributed by atoms with van der Waals surface area (Å²) in [5.74, 6) is 0.941. The smallest absolute Gasteiger partial charge is 0.119 e. The van der Waals surface area contributed by atoms with Gasteiger partial charge in [-0.15, -0.1) is 0 Å². The van der Waals surface area contributed by atoms with Crippen molar-refractivity contribution in [2.45, 2.75) is 38.7 Å². The Bertz CT molecular complexity index is 363. The molecule has 1 aromatic rings. The van der Waals surface area contributed by atoms with Crippen LogP contribution >= 0.6 is 0 Å². The van der Waals surface area contributed by atoms with E-state index in [0.29, 0.717) is 12.7 Å². The normalized spacial score (nSPS) is 18.2. The lowest BCUT2D eigenvalue weighted by Crippen LogP contribution is -2.03. The Morgan fingerprint density at radius 2 is 1.94 bits per heavy atom. The minimum atomic E-state index is 0.327. The molecule has 0 aromatic heterocycles. The topological polar surface area (TPSA) is 21.8 Å². The highest BCUT2D eigenvalue weighted by Crippen LogP contribution is 2.16. The Balaban J connectivity index is 1.69. The van der Waals surface area contributed by atoms with E-state index in [-0.39, 0.29) is 0 Å². The summed E-state index contributed by atoms with van der Waals surface area (Å²) < 4.78 is 10.7. The van der Waals surface area contributed by atoms with Gasteiger partial charge in [-0.1, -0.05) is 37.6 Å². The molecule has 0 spiro atoms. The zero-order chi connectivity index (χ0) is 12.6. The average molecular weight is 246 g/mol. The highest BCUT2D eigenvalue weighted by molar-refractivity contribution is 5.27. The Hall–Kier alpha value is -1.28. The Morgan fingerprint density at radius 3 is 2.61 bits per heavy atom. The fourth-order valence-electron chi connectivity index (χ4n) is 1.76. The molecule has 0 bridgehead atoms. The third-order valence-electron chi connectivity index (χ3n) is 2.98. The summed E-state index contributed by atoms with van der Waals surface area (Å²) in [6, 6.07) is 8.40. The third-order valence-corrected chi connectivity index (χ3v) is 2.98. The van der Waals surface area contributed by atoms with Crippen molar-refractivity contribution in [3.63, 3.8) is 0 Å². The zero-order valence-electron chi connectivity index (χ0n) is 11.1. The molecule has 2 rings (SSSR count).